The van der Waals surface area contributed by atoms with Crippen LogP contribution in [0.25, 0.3) is 10.4 Å². The summed E-state index contributed by atoms with van der Waals surface area (Å²) in [6.45, 7) is 3.04. The molecule has 1 N–H and O–H groups in total. The van der Waals surface area contributed by atoms with Gasteiger partial charge in [0.2, 0.25) is 0 Å². The third kappa shape index (κ3) is 2.68. The lowest BCUT2D eigenvalue weighted by molar-refractivity contribution is 0.414. The Morgan fingerprint density at radius 2 is 2.12 bits per heavy atom. The van der Waals surface area contributed by atoms with E-state index in [0.29, 0.717) is 0 Å². The topological polar surface area (TPSA) is 21.3 Å². The van der Waals surface area contributed by atoms with E-state index in [-0.39, 0.29) is 0 Å². The van der Waals surface area contributed by atoms with Gasteiger partial charge in [-0.1, -0.05) is 0 Å². The minimum atomic E-state index is 0.915. The van der Waals surface area contributed by atoms with Gasteiger partial charge in [0.15, 0.2) is 0 Å². The van der Waals surface area contributed by atoms with Crippen LogP contribution in [0, 0.1) is 6.92 Å². The molecule has 1 heterocycles. The highest BCUT2D eigenvalue weighted by Crippen LogP contribution is 2.31. The van der Waals surface area contributed by atoms with E-state index in [4.69, 9.17) is 4.74 Å². The minimum absolute atomic E-state index is 0.915. The van der Waals surface area contributed by atoms with E-state index in [2.05, 4.69) is 35.8 Å². The molecule has 3 heteroatoms. The fraction of sp³-hybridized carbons (Fsp3) is 0.286. The number of hydrogen-bond donors (Lipinski definition) is 1. The quantitative estimate of drug-likeness (QED) is 0.893. The average Bonchev–Trinajstić information content (AvgIpc) is 2.78. The molecule has 0 bridgehead atoms. The molecular formula is C14H17NOS. The zero-order valence-electron chi connectivity index (χ0n) is 10.4. The molecule has 1 aromatic carbocycles. The molecule has 0 saturated carbocycles. The van der Waals surface area contributed by atoms with E-state index in [1.54, 1.807) is 18.4 Å². The Balaban J connectivity index is 2.32. The van der Waals surface area contributed by atoms with Gasteiger partial charge in [-0.15, -0.1) is 11.3 Å². The molecule has 2 nitrogen and oxygen atoms in total. The van der Waals surface area contributed by atoms with Crippen molar-refractivity contribution in [2.75, 3.05) is 14.2 Å². The van der Waals surface area contributed by atoms with Crippen LogP contribution in [-0.4, -0.2) is 14.2 Å². The third-order valence-corrected chi connectivity index (χ3v) is 3.75. The summed E-state index contributed by atoms with van der Waals surface area (Å²) in [5.74, 6) is 0.915. The fourth-order valence-corrected chi connectivity index (χ4v) is 2.86. The van der Waals surface area contributed by atoms with Crippen molar-refractivity contribution >= 4 is 11.3 Å². The number of ether oxygens (including phenoxy) is 1. The molecule has 90 valence electrons. The van der Waals surface area contributed by atoms with Crippen LogP contribution in [0.15, 0.2) is 29.6 Å². The molecule has 0 unspecified atom stereocenters. The van der Waals surface area contributed by atoms with Gasteiger partial charge >= 0.3 is 0 Å². The molecule has 0 aliphatic rings. The van der Waals surface area contributed by atoms with Crippen LogP contribution in [0.5, 0.6) is 5.75 Å². The maximum Gasteiger partial charge on any atom is 0.119 e. The first-order valence-corrected chi connectivity index (χ1v) is 6.49. The Hall–Kier alpha value is -1.32. The second-order valence-electron chi connectivity index (χ2n) is 4.03. The number of aryl methyl sites for hydroxylation is 1. The molecule has 1 aromatic heterocycles. The van der Waals surface area contributed by atoms with Gasteiger partial charge in [0.1, 0.15) is 5.75 Å². The Bertz CT molecular complexity index is 505. The predicted molar refractivity (Wildman–Crippen MR) is 73.8 cm³/mol. The molecule has 0 aliphatic carbocycles. The maximum atomic E-state index is 5.22. The number of hydrogen-bond acceptors (Lipinski definition) is 3. The molecular weight excluding hydrogens is 230 g/mol. The van der Waals surface area contributed by atoms with E-state index in [1.807, 2.05) is 13.1 Å². The maximum absolute atomic E-state index is 5.22. The lowest BCUT2D eigenvalue weighted by Crippen LogP contribution is -2.03. The zero-order valence-corrected chi connectivity index (χ0v) is 11.2. The number of methoxy groups -OCH3 is 1. The van der Waals surface area contributed by atoms with Gasteiger partial charge in [0.05, 0.1) is 7.11 Å². The van der Waals surface area contributed by atoms with Gasteiger partial charge in [0, 0.05) is 11.4 Å². The second kappa shape index (κ2) is 5.34. The molecule has 0 spiro atoms. The van der Waals surface area contributed by atoms with Crippen LogP contribution < -0.4 is 10.1 Å². The zero-order chi connectivity index (χ0) is 12.3. The van der Waals surface area contributed by atoms with Crippen molar-refractivity contribution in [3.05, 3.63) is 40.8 Å². The Morgan fingerprint density at radius 1 is 1.29 bits per heavy atom. The molecule has 17 heavy (non-hydrogen) atoms. The largest absolute Gasteiger partial charge is 0.497 e. The third-order valence-electron chi connectivity index (χ3n) is 2.73. The average molecular weight is 247 g/mol. The number of thiophene rings is 1. The van der Waals surface area contributed by atoms with Crippen molar-refractivity contribution in [1.29, 1.82) is 0 Å². The monoisotopic (exact) mass is 247 g/mol. The summed E-state index contributed by atoms with van der Waals surface area (Å²) in [6, 6.07) is 8.46. The molecule has 0 aliphatic heterocycles. The van der Waals surface area contributed by atoms with Crippen molar-refractivity contribution in [1.82, 2.24) is 5.32 Å². The summed E-state index contributed by atoms with van der Waals surface area (Å²) in [5, 5.41) is 5.37. The molecule has 0 saturated heterocycles. The Labute approximate surface area is 106 Å². The summed E-state index contributed by atoms with van der Waals surface area (Å²) in [6.07, 6.45) is 0. The first-order valence-electron chi connectivity index (χ1n) is 5.61. The fourth-order valence-electron chi connectivity index (χ4n) is 1.85. The van der Waals surface area contributed by atoms with Crippen molar-refractivity contribution in [3.63, 3.8) is 0 Å². The van der Waals surface area contributed by atoms with E-state index >= 15 is 0 Å². The second-order valence-corrected chi connectivity index (χ2v) is 4.94. The van der Waals surface area contributed by atoms with Gasteiger partial charge in [-0.05, 0) is 60.3 Å². The molecule has 2 aromatic rings. The molecule has 0 fully saturated rings. The van der Waals surface area contributed by atoms with Gasteiger partial charge in [-0.3, -0.25) is 0 Å². The van der Waals surface area contributed by atoms with Crippen molar-refractivity contribution < 1.29 is 4.74 Å². The first kappa shape index (κ1) is 12.1. The minimum Gasteiger partial charge on any atom is -0.497 e. The molecule has 0 atom stereocenters. The van der Waals surface area contributed by atoms with Crippen LogP contribution >= 0.6 is 11.3 Å². The van der Waals surface area contributed by atoms with Crippen molar-refractivity contribution in [2.24, 2.45) is 0 Å². The normalized spacial score (nSPS) is 10.5. The summed E-state index contributed by atoms with van der Waals surface area (Å²) >= 11 is 1.79. The van der Waals surface area contributed by atoms with Crippen LogP contribution in [0.4, 0.5) is 0 Å². The number of nitrogens with one attached hydrogen (secondary N) is 1. The summed E-state index contributed by atoms with van der Waals surface area (Å²) < 4.78 is 5.22. The van der Waals surface area contributed by atoms with Crippen molar-refractivity contribution in [3.8, 4) is 16.2 Å². The number of rotatable bonds is 4. The van der Waals surface area contributed by atoms with Crippen LogP contribution in [-0.2, 0) is 6.54 Å². The highest BCUT2D eigenvalue weighted by molar-refractivity contribution is 7.13. The highest BCUT2D eigenvalue weighted by Gasteiger charge is 2.06. The Morgan fingerprint density at radius 3 is 2.76 bits per heavy atom. The Kier molecular flexibility index (Phi) is 3.82. The van der Waals surface area contributed by atoms with E-state index in [1.165, 1.54) is 21.6 Å². The number of benzene rings is 1. The van der Waals surface area contributed by atoms with E-state index in [0.717, 1.165) is 12.3 Å². The SMILES string of the molecule is CNCc1csc(-c2ccc(OC)cc2C)c1. The lowest BCUT2D eigenvalue weighted by atomic mass is 10.1. The van der Waals surface area contributed by atoms with Gasteiger partial charge in [-0.2, -0.15) is 0 Å². The standard InChI is InChI=1S/C14H17NOS/c1-10-6-12(16-3)4-5-13(10)14-7-11(8-15-2)9-17-14/h4-7,9,15H,8H2,1-3H3. The highest BCUT2D eigenvalue weighted by atomic mass is 32.1. The summed E-state index contributed by atoms with van der Waals surface area (Å²) in [4.78, 5) is 1.32. The van der Waals surface area contributed by atoms with E-state index < -0.39 is 0 Å². The van der Waals surface area contributed by atoms with Gasteiger partial charge in [0.25, 0.3) is 0 Å². The van der Waals surface area contributed by atoms with Gasteiger partial charge in [-0.25, -0.2) is 0 Å². The molecule has 0 radical (unpaired) electrons. The van der Waals surface area contributed by atoms with Crippen LogP contribution in [0.3, 0.4) is 0 Å². The van der Waals surface area contributed by atoms with Crippen LogP contribution in [0.1, 0.15) is 11.1 Å². The smallest absolute Gasteiger partial charge is 0.119 e. The summed E-state index contributed by atoms with van der Waals surface area (Å²) in [7, 11) is 3.67. The van der Waals surface area contributed by atoms with Gasteiger partial charge < -0.3 is 10.1 Å². The predicted octanol–water partition coefficient (Wildman–Crippen LogP) is 3.45. The molecule has 2 rings (SSSR count). The van der Waals surface area contributed by atoms with Crippen LogP contribution in [0.2, 0.25) is 0 Å². The molecule has 0 amide bonds. The van der Waals surface area contributed by atoms with E-state index in [9.17, 15) is 0 Å². The summed E-state index contributed by atoms with van der Waals surface area (Å²) in [5.41, 5.74) is 3.88. The lowest BCUT2D eigenvalue weighted by Gasteiger charge is -2.06. The first-order chi connectivity index (χ1) is 8.24. The van der Waals surface area contributed by atoms with Crippen molar-refractivity contribution in [2.45, 2.75) is 13.5 Å².